The second-order valence-electron chi connectivity index (χ2n) is 4.80. The smallest absolute Gasteiger partial charge is 0.253 e. The van der Waals surface area contributed by atoms with Crippen LogP contribution >= 0.6 is 0 Å². The number of phenolic OH excluding ortho intramolecular Hbond substituents is 1. The van der Waals surface area contributed by atoms with Crippen molar-refractivity contribution in [2.75, 3.05) is 26.8 Å². The van der Waals surface area contributed by atoms with Gasteiger partial charge in [-0.1, -0.05) is 0 Å². The number of carbonyl (C=O) groups excluding carboxylic acids is 1. The van der Waals surface area contributed by atoms with Crippen molar-refractivity contribution in [3.63, 3.8) is 0 Å². The Balaban J connectivity index is 2.08. The van der Waals surface area contributed by atoms with Crippen LogP contribution in [-0.4, -0.2) is 47.8 Å². The number of benzene rings is 1. The van der Waals surface area contributed by atoms with Crippen LogP contribution in [0.15, 0.2) is 18.2 Å². The molecule has 1 aromatic rings. The van der Waals surface area contributed by atoms with Crippen LogP contribution in [0.2, 0.25) is 0 Å². The Morgan fingerprint density at radius 2 is 2.11 bits per heavy atom. The third kappa shape index (κ3) is 2.98. The summed E-state index contributed by atoms with van der Waals surface area (Å²) in [5.41, 5.74) is 0.511. The fourth-order valence-corrected chi connectivity index (χ4v) is 2.31. The average Bonchev–Trinajstić information content (AvgIpc) is 2.47. The third-order valence-corrected chi connectivity index (χ3v) is 3.59. The highest BCUT2D eigenvalue weighted by molar-refractivity contribution is 5.95. The molecule has 1 heterocycles. The van der Waals surface area contributed by atoms with Gasteiger partial charge in [-0.15, -0.1) is 0 Å². The molecule has 0 atom stereocenters. The highest BCUT2D eigenvalue weighted by Gasteiger charge is 2.23. The SMILES string of the molecule is COc1cc(C(=O)N2CCC(CO)CC2)ccc1O. The van der Waals surface area contributed by atoms with Gasteiger partial charge in [0.25, 0.3) is 5.91 Å². The van der Waals surface area contributed by atoms with Gasteiger partial charge in [-0.2, -0.15) is 0 Å². The van der Waals surface area contributed by atoms with E-state index in [4.69, 9.17) is 9.84 Å². The van der Waals surface area contributed by atoms with Crippen molar-refractivity contribution in [3.8, 4) is 11.5 Å². The largest absolute Gasteiger partial charge is 0.504 e. The van der Waals surface area contributed by atoms with Crippen LogP contribution in [0, 0.1) is 5.92 Å². The number of methoxy groups -OCH3 is 1. The maximum Gasteiger partial charge on any atom is 0.253 e. The van der Waals surface area contributed by atoms with Crippen LogP contribution in [-0.2, 0) is 0 Å². The first-order valence-electron chi connectivity index (χ1n) is 6.43. The third-order valence-electron chi connectivity index (χ3n) is 3.59. The van der Waals surface area contributed by atoms with Crippen LogP contribution in [0.4, 0.5) is 0 Å². The van der Waals surface area contributed by atoms with E-state index in [0.717, 1.165) is 12.8 Å². The lowest BCUT2D eigenvalue weighted by Crippen LogP contribution is -2.39. The molecular formula is C14H19NO4. The van der Waals surface area contributed by atoms with Gasteiger partial charge in [0.2, 0.25) is 0 Å². The molecule has 0 spiro atoms. The minimum atomic E-state index is -0.0605. The number of carbonyl (C=O) groups is 1. The molecule has 1 amide bonds. The molecule has 1 aromatic carbocycles. The number of nitrogens with zero attached hydrogens (tertiary/aromatic N) is 1. The predicted octanol–water partition coefficient (Wildman–Crippen LogP) is 1.25. The first kappa shape index (κ1) is 13.7. The van der Waals surface area contributed by atoms with Crippen molar-refractivity contribution in [1.29, 1.82) is 0 Å². The van der Waals surface area contributed by atoms with E-state index < -0.39 is 0 Å². The maximum absolute atomic E-state index is 12.3. The second kappa shape index (κ2) is 5.93. The molecule has 0 radical (unpaired) electrons. The fraction of sp³-hybridized carbons (Fsp3) is 0.500. The molecule has 1 fully saturated rings. The van der Waals surface area contributed by atoms with Crippen LogP contribution < -0.4 is 4.74 Å². The van der Waals surface area contributed by atoms with Crippen molar-refractivity contribution in [1.82, 2.24) is 4.90 Å². The van der Waals surface area contributed by atoms with Gasteiger partial charge in [0.15, 0.2) is 11.5 Å². The van der Waals surface area contributed by atoms with Gasteiger partial charge in [-0.25, -0.2) is 0 Å². The number of aliphatic hydroxyl groups excluding tert-OH is 1. The summed E-state index contributed by atoms with van der Waals surface area (Å²) < 4.78 is 5.00. The van der Waals surface area contributed by atoms with Crippen molar-refractivity contribution in [3.05, 3.63) is 23.8 Å². The van der Waals surface area contributed by atoms with E-state index in [2.05, 4.69) is 0 Å². The van der Waals surface area contributed by atoms with Gasteiger partial charge in [-0.3, -0.25) is 4.79 Å². The number of aliphatic hydroxyl groups is 1. The number of phenols is 1. The van der Waals surface area contributed by atoms with Crippen molar-refractivity contribution < 1.29 is 19.7 Å². The number of hydrogen-bond donors (Lipinski definition) is 2. The molecule has 5 heteroatoms. The van der Waals surface area contributed by atoms with Crippen molar-refractivity contribution in [2.24, 2.45) is 5.92 Å². The average molecular weight is 265 g/mol. The molecule has 5 nitrogen and oxygen atoms in total. The molecule has 0 aliphatic carbocycles. The number of amides is 1. The first-order valence-corrected chi connectivity index (χ1v) is 6.43. The van der Waals surface area contributed by atoms with E-state index in [1.807, 2.05) is 0 Å². The summed E-state index contributed by atoms with van der Waals surface area (Å²) in [7, 11) is 1.45. The van der Waals surface area contributed by atoms with Crippen molar-refractivity contribution in [2.45, 2.75) is 12.8 Å². The summed E-state index contributed by atoms with van der Waals surface area (Å²) in [6, 6.07) is 4.61. The van der Waals surface area contributed by atoms with Crippen LogP contribution in [0.25, 0.3) is 0 Å². The van der Waals surface area contributed by atoms with E-state index in [9.17, 15) is 9.90 Å². The quantitative estimate of drug-likeness (QED) is 0.863. The summed E-state index contributed by atoms with van der Waals surface area (Å²) in [6.45, 7) is 1.51. The molecule has 2 rings (SSSR count). The minimum Gasteiger partial charge on any atom is -0.504 e. The van der Waals surface area contributed by atoms with E-state index >= 15 is 0 Å². The molecule has 0 aromatic heterocycles. The number of likely N-dealkylation sites (tertiary alicyclic amines) is 1. The molecular weight excluding hydrogens is 246 g/mol. The topological polar surface area (TPSA) is 70.0 Å². The van der Waals surface area contributed by atoms with Gasteiger partial charge >= 0.3 is 0 Å². The standard InChI is InChI=1S/C14H19NO4/c1-19-13-8-11(2-3-12(13)17)14(18)15-6-4-10(9-16)5-7-15/h2-3,8,10,16-17H,4-7,9H2,1H3. The van der Waals surface area contributed by atoms with Crippen LogP contribution in [0.3, 0.4) is 0 Å². The number of ether oxygens (including phenoxy) is 1. The Morgan fingerprint density at radius 3 is 2.68 bits per heavy atom. The van der Waals surface area contributed by atoms with E-state index in [1.165, 1.54) is 13.2 Å². The maximum atomic E-state index is 12.3. The van der Waals surface area contributed by atoms with Crippen LogP contribution in [0.1, 0.15) is 23.2 Å². The Morgan fingerprint density at radius 1 is 1.42 bits per heavy atom. The fourth-order valence-electron chi connectivity index (χ4n) is 2.31. The summed E-state index contributed by atoms with van der Waals surface area (Å²) >= 11 is 0. The Labute approximate surface area is 112 Å². The number of aromatic hydroxyl groups is 1. The molecule has 0 unspecified atom stereocenters. The zero-order valence-electron chi connectivity index (χ0n) is 11.0. The van der Waals surface area contributed by atoms with Gasteiger partial charge in [-0.05, 0) is 37.0 Å². The molecule has 1 aliphatic heterocycles. The van der Waals surface area contributed by atoms with Crippen molar-refractivity contribution >= 4 is 5.91 Å². The predicted molar refractivity (Wildman–Crippen MR) is 70.4 cm³/mol. The lowest BCUT2D eigenvalue weighted by Gasteiger charge is -2.31. The lowest BCUT2D eigenvalue weighted by molar-refractivity contribution is 0.0650. The van der Waals surface area contributed by atoms with Gasteiger partial charge in [0, 0.05) is 25.3 Å². The highest BCUT2D eigenvalue weighted by Crippen LogP contribution is 2.27. The number of hydrogen-bond acceptors (Lipinski definition) is 4. The van der Waals surface area contributed by atoms with Crippen LogP contribution in [0.5, 0.6) is 11.5 Å². The number of piperidine rings is 1. The normalized spacial score (nSPS) is 16.4. The van der Waals surface area contributed by atoms with E-state index in [-0.39, 0.29) is 18.3 Å². The molecule has 2 N–H and O–H groups in total. The minimum absolute atomic E-state index is 0.0260. The summed E-state index contributed by atoms with van der Waals surface area (Å²) in [6.07, 6.45) is 1.66. The Hall–Kier alpha value is -1.75. The zero-order valence-corrected chi connectivity index (χ0v) is 11.0. The molecule has 0 saturated carbocycles. The summed E-state index contributed by atoms with van der Waals surface area (Å²) in [5, 5.41) is 18.6. The number of rotatable bonds is 3. The first-order chi connectivity index (χ1) is 9.15. The van der Waals surface area contributed by atoms with E-state index in [0.29, 0.717) is 30.3 Å². The molecule has 104 valence electrons. The lowest BCUT2D eigenvalue weighted by atomic mass is 9.97. The molecule has 19 heavy (non-hydrogen) atoms. The highest BCUT2D eigenvalue weighted by atomic mass is 16.5. The molecule has 0 bridgehead atoms. The monoisotopic (exact) mass is 265 g/mol. The molecule has 1 aliphatic rings. The molecule has 1 saturated heterocycles. The summed E-state index contributed by atoms with van der Waals surface area (Å²) in [4.78, 5) is 14.1. The van der Waals surface area contributed by atoms with Gasteiger partial charge in [0.05, 0.1) is 7.11 Å². The summed E-state index contributed by atoms with van der Waals surface area (Å²) in [5.74, 6) is 0.572. The van der Waals surface area contributed by atoms with Gasteiger partial charge in [0.1, 0.15) is 0 Å². The van der Waals surface area contributed by atoms with E-state index in [1.54, 1.807) is 17.0 Å². The zero-order chi connectivity index (χ0) is 13.8. The Kier molecular flexibility index (Phi) is 4.27. The van der Waals surface area contributed by atoms with Gasteiger partial charge < -0.3 is 19.8 Å². The second-order valence-corrected chi connectivity index (χ2v) is 4.80. The Bertz CT molecular complexity index is 453.